The fraction of sp³-hybridized carbons (Fsp3) is 0.429. The lowest BCUT2D eigenvalue weighted by atomic mass is 9.88. The first-order valence-corrected chi connectivity index (χ1v) is 6.24. The van der Waals surface area contributed by atoms with Crippen LogP contribution < -0.4 is 5.32 Å². The third-order valence-electron chi connectivity index (χ3n) is 3.75. The molecule has 1 aromatic heterocycles. The molecule has 0 unspecified atom stereocenters. The zero-order valence-corrected chi connectivity index (χ0v) is 10.0. The highest BCUT2D eigenvalue weighted by atomic mass is 19.1. The first-order chi connectivity index (χ1) is 8.25. The SMILES string of the molecule is Cc1[nH]c2ccc(F)cc2c1C1CCNCC1. The zero-order chi connectivity index (χ0) is 11.8. The topological polar surface area (TPSA) is 27.8 Å². The van der Waals surface area contributed by atoms with Gasteiger partial charge >= 0.3 is 0 Å². The van der Waals surface area contributed by atoms with Gasteiger partial charge in [-0.2, -0.15) is 0 Å². The van der Waals surface area contributed by atoms with Crippen molar-refractivity contribution < 1.29 is 4.39 Å². The number of aromatic amines is 1. The van der Waals surface area contributed by atoms with E-state index in [9.17, 15) is 4.39 Å². The van der Waals surface area contributed by atoms with Crippen LogP contribution in [0.2, 0.25) is 0 Å². The molecule has 2 nitrogen and oxygen atoms in total. The molecule has 0 aliphatic carbocycles. The van der Waals surface area contributed by atoms with E-state index in [2.05, 4.69) is 17.2 Å². The third kappa shape index (κ3) is 1.84. The number of benzene rings is 1. The maximum absolute atomic E-state index is 13.4. The molecule has 2 N–H and O–H groups in total. The summed E-state index contributed by atoms with van der Waals surface area (Å²) in [5.41, 5.74) is 3.57. The van der Waals surface area contributed by atoms with E-state index in [1.807, 2.05) is 6.07 Å². The summed E-state index contributed by atoms with van der Waals surface area (Å²) >= 11 is 0. The van der Waals surface area contributed by atoms with Crippen molar-refractivity contribution in [1.29, 1.82) is 0 Å². The molecule has 0 bridgehead atoms. The highest BCUT2D eigenvalue weighted by Crippen LogP contribution is 2.34. The van der Waals surface area contributed by atoms with Gasteiger partial charge in [0, 0.05) is 16.6 Å². The molecule has 0 radical (unpaired) electrons. The number of H-pyrrole nitrogens is 1. The minimum Gasteiger partial charge on any atom is -0.358 e. The van der Waals surface area contributed by atoms with Crippen molar-refractivity contribution in [1.82, 2.24) is 10.3 Å². The Morgan fingerprint density at radius 2 is 2.00 bits per heavy atom. The zero-order valence-electron chi connectivity index (χ0n) is 10.0. The van der Waals surface area contributed by atoms with Gasteiger partial charge in [-0.1, -0.05) is 0 Å². The van der Waals surface area contributed by atoms with Crippen LogP contribution in [0.5, 0.6) is 0 Å². The van der Waals surface area contributed by atoms with E-state index in [1.165, 1.54) is 17.3 Å². The van der Waals surface area contributed by atoms with Crippen LogP contribution in [0.25, 0.3) is 10.9 Å². The standard InChI is InChI=1S/C14H17FN2/c1-9-14(10-4-6-16-7-5-10)12-8-11(15)2-3-13(12)17-9/h2-3,8,10,16-17H,4-7H2,1H3. The van der Waals surface area contributed by atoms with Crippen molar-refractivity contribution >= 4 is 10.9 Å². The predicted octanol–water partition coefficient (Wildman–Crippen LogP) is 3.08. The summed E-state index contributed by atoms with van der Waals surface area (Å²) in [5, 5.41) is 4.44. The summed E-state index contributed by atoms with van der Waals surface area (Å²) in [4.78, 5) is 3.36. The summed E-state index contributed by atoms with van der Waals surface area (Å²) in [6.07, 6.45) is 2.29. The highest BCUT2D eigenvalue weighted by Gasteiger charge is 2.21. The lowest BCUT2D eigenvalue weighted by molar-refractivity contribution is 0.461. The number of aryl methyl sites for hydroxylation is 1. The average molecular weight is 232 g/mol. The predicted molar refractivity (Wildman–Crippen MR) is 67.8 cm³/mol. The van der Waals surface area contributed by atoms with Gasteiger partial charge < -0.3 is 10.3 Å². The molecule has 1 aromatic carbocycles. The Kier molecular flexibility index (Phi) is 2.63. The van der Waals surface area contributed by atoms with Crippen LogP contribution in [0.1, 0.15) is 30.0 Å². The summed E-state index contributed by atoms with van der Waals surface area (Å²) in [6, 6.07) is 5.02. The molecule has 0 atom stereocenters. The molecule has 1 saturated heterocycles. The molecule has 0 spiro atoms. The number of piperidine rings is 1. The number of halogens is 1. The van der Waals surface area contributed by atoms with Gasteiger partial charge in [0.05, 0.1) is 0 Å². The van der Waals surface area contributed by atoms with Crippen molar-refractivity contribution in [3.05, 3.63) is 35.3 Å². The molecule has 0 amide bonds. The van der Waals surface area contributed by atoms with Gasteiger partial charge in [-0.15, -0.1) is 0 Å². The van der Waals surface area contributed by atoms with Crippen molar-refractivity contribution in [2.24, 2.45) is 0 Å². The lowest BCUT2D eigenvalue weighted by Crippen LogP contribution is -2.26. The average Bonchev–Trinajstić information content (AvgIpc) is 2.65. The van der Waals surface area contributed by atoms with Crippen LogP contribution in [0.3, 0.4) is 0 Å². The molecular formula is C14H17FN2. The van der Waals surface area contributed by atoms with Gasteiger partial charge in [0.15, 0.2) is 0 Å². The molecule has 0 saturated carbocycles. The van der Waals surface area contributed by atoms with Crippen LogP contribution in [-0.4, -0.2) is 18.1 Å². The Hall–Kier alpha value is -1.35. The molecule has 1 fully saturated rings. The second-order valence-corrected chi connectivity index (χ2v) is 4.88. The van der Waals surface area contributed by atoms with E-state index in [0.717, 1.165) is 36.8 Å². The molecule has 2 aromatic rings. The number of nitrogens with one attached hydrogen (secondary N) is 2. The number of hydrogen-bond acceptors (Lipinski definition) is 1. The third-order valence-corrected chi connectivity index (χ3v) is 3.75. The summed E-state index contributed by atoms with van der Waals surface area (Å²) in [5.74, 6) is 0.415. The van der Waals surface area contributed by atoms with Crippen molar-refractivity contribution in [3.8, 4) is 0 Å². The molecule has 3 heteroatoms. The normalized spacial score (nSPS) is 17.8. The number of rotatable bonds is 1. The second-order valence-electron chi connectivity index (χ2n) is 4.88. The lowest BCUT2D eigenvalue weighted by Gasteiger charge is -2.23. The van der Waals surface area contributed by atoms with E-state index < -0.39 is 0 Å². The van der Waals surface area contributed by atoms with Crippen molar-refractivity contribution in [2.75, 3.05) is 13.1 Å². The van der Waals surface area contributed by atoms with Crippen LogP contribution in [0, 0.1) is 12.7 Å². The summed E-state index contributed by atoms with van der Waals surface area (Å²) < 4.78 is 13.4. The van der Waals surface area contributed by atoms with Crippen molar-refractivity contribution in [3.63, 3.8) is 0 Å². The van der Waals surface area contributed by atoms with Gasteiger partial charge in [0.25, 0.3) is 0 Å². The molecular weight excluding hydrogens is 215 g/mol. The van der Waals surface area contributed by atoms with Crippen LogP contribution in [0.15, 0.2) is 18.2 Å². The van der Waals surface area contributed by atoms with Crippen molar-refractivity contribution in [2.45, 2.75) is 25.7 Å². The van der Waals surface area contributed by atoms with E-state index in [4.69, 9.17) is 0 Å². The highest BCUT2D eigenvalue weighted by molar-refractivity contribution is 5.85. The quantitative estimate of drug-likeness (QED) is 0.777. The Balaban J connectivity index is 2.13. The summed E-state index contributed by atoms with van der Waals surface area (Å²) in [6.45, 7) is 4.22. The Morgan fingerprint density at radius 1 is 1.24 bits per heavy atom. The van der Waals surface area contributed by atoms with E-state index in [1.54, 1.807) is 6.07 Å². The summed E-state index contributed by atoms with van der Waals surface area (Å²) in [7, 11) is 0. The smallest absolute Gasteiger partial charge is 0.123 e. The first-order valence-electron chi connectivity index (χ1n) is 6.24. The first kappa shape index (κ1) is 10.8. The second kappa shape index (κ2) is 4.15. The number of fused-ring (bicyclic) bond motifs is 1. The molecule has 17 heavy (non-hydrogen) atoms. The molecule has 3 rings (SSSR count). The Labute approximate surface area is 100 Å². The fourth-order valence-corrected chi connectivity index (χ4v) is 2.96. The molecule has 1 aliphatic heterocycles. The van der Waals surface area contributed by atoms with E-state index >= 15 is 0 Å². The van der Waals surface area contributed by atoms with Gasteiger partial charge in [0.1, 0.15) is 5.82 Å². The molecule has 1 aliphatic rings. The molecule has 2 heterocycles. The van der Waals surface area contributed by atoms with E-state index in [-0.39, 0.29) is 5.82 Å². The minimum atomic E-state index is -0.147. The van der Waals surface area contributed by atoms with E-state index in [0.29, 0.717) is 5.92 Å². The molecule has 90 valence electrons. The van der Waals surface area contributed by atoms with Gasteiger partial charge in [-0.25, -0.2) is 4.39 Å². The van der Waals surface area contributed by atoms with Gasteiger partial charge in [-0.3, -0.25) is 0 Å². The Morgan fingerprint density at radius 3 is 2.76 bits per heavy atom. The fourth-order valence-electron chi connectivity index (χ4n) is 2.96. The van der Waals surface area contributed by atoms with Crippen LogP contribution >= 0.6 is 0 Å². The van der Waals surface area contributed by atoms with Gasteiger partial charge in [-0.05, 0) is 62.5 Å². The van der Waals surface area contributed by atoms with Gasteiger partial charge in [0.2, 0.25) is 0 Å². The Bertz CT molecular complexity index is 538. The number of aromatic nitrogens is 1. The largest absolute Gasteiger partial charge is 0.358 e. The van der Waals surface area contributed by atoms with Crippen LogP contribution in [0.4, 0.5) is 4.39 Å². The maximum atomic E-state index is 13.4. The minimum absolute atomic E-state index is 0.147. The monoisotopic (exact) mass is 232 g/mol. The number of hydrogen-bond donors (Lipinski definition) is 2. The maximum Gasteiger partial charge on any atom is 0.123 e. The van der Waals surface area contributed by atoms with Crippen LogP contribution in [-0.2, 0) is 0 Å².